The molecule has 0 bridgehead atoms. The largest absolute Gasteiger partial charge is 0.480 e. The first-order chi connectivity index (χ1) is 11.5. The molecule has 6 heteroatoms. The summed E-state index contributed by atoms with van der Waals surface area (Å²) in [5, 5.41) is 19.2. The molecule has 1 aliphatic heterocycles. The monoisotopic (exact) mass is 330 g/mol. The van der Waals surface area contributed by atoms with E-state index >= 15 is 0 Å². The van der Waals surface area contributed by atoms with Gasteiger partial charge in [0, 0.05) is 19.1 Å². The number of unbranched alkanes of at least 4 members (excludes halogenated alkanes) is 1. The Labute approximate surface area is 145 Å². The van der Waals surface area contributed by atoms with Gasteiger partial charge in [0.05, 0.1) is 14.5 Å². The van der Waals surface area contributed by atoms with E-state index in [0.29, 0.717) is 32.1 Å². The number of carbonyl (C=O) groups is 1. The summed E-state index contributed by atoms with van der Waals surface area (Å²) in [5.41, 5.74) is 7.42. The molecule has 2 radical (unpaired) electrons. The molecule has 0 saturated carbocycles. The molecular weight excluding hydrogens is 303 g/mol. The van der Waals surface area contributed by atoms with Gasteiger partial charge in [-0.1, -0.05) is 43.4 Å². The summed E-state index contributed by atoms with van der Waals surface area (Å²) in [7, 11) is 5.48. The fourth-order valence-electron chi connectivity index (χ4n) is 3.35. The summed E-state index contributed by atoms with van der Waals surface area (Å²) in [6.45, 7) is 1.34. The van der Waals surface area contributed by atoms with Crippen LogP contribution in [0.25, 0.3) is 0 Å². The number of hydrogen-bond donors (Lipinski definition) is 3. The number of hydrogen-bond acceptors (Lipinski definition) is 4. The van der Waals surface area contributed by atoms with Crippen molar-refractivity contribution in [2.24, 2.45) is 5.73 Å². The van der Waals surface area contributed by atoms with E-state index in [2.05, 4.69) is 17.0 Å². The van der Waals surface area contributed by atoms with E-state index in [0.717, 1.165) is 19.4 Å². The average molecular weight is 330 g/mol. The van der Waals surface area contributed by atoms with Gasteiger partial charge in [-0.15, -0.1) is 0 Å². The van der Waals surface area contributed by atoms with Crippen LogP contribution in [0, 0.1) is 0 Å². The van der Waals surface area contributed by atoms with E-state index in [4.69, 9.17) is 13.6 Å². The summed E-state index contributed by atoms with van der Waals surface area (Å²) < 4.78 is 0. The fourth-order valence-corrected chi connectivity index (χ4v) is 3.35. The fraction of sp³-hybridized carbons (Fsp3) is 0.611. The van der Waals surface area contributed by atoms with Crippen LogP contribution in [0.4, 0.5) is 0 Å². The zero-order valence-electron chi connectivity index (χ0n) is 14.2. The Hall–Kier alpha value is -1.37. The number of aliphatic hydroxyl groups is 1. The van der Waals surface area contributed by atoms with Crippen LogP contribution in [0.1, 0.15) is 36.8 Å². The number of benzene rings is 1. The first kappa shape index (κ1) is 19.0. The minimum absolute atomic E-state index is 0.0157. The van der Waals surface area contributed by atoms with Crippen LogP contribution in [0.2, 0.25) is 6.32 Å². The first-order valence-electron chi connectivity index (χ1n) is 8.64. The Kier molecular flexibility index (Phi) is 6.84. The molecule has 0 fully saturated rings. The van der Waals surface area contributed by atoms with Gasteiger partial charge in [-0.3, -0.25) is 9.69 Å². The van der Waals surface area contributed by atoms with Crippen molar-refractivity contribution in [2.45, 2.75) is 56.5 Å². The summed E-state index contributed by atoms with van der Waals surface area (Å²) in [6.07, 6.45) is 3.61. The second-order valence-electron chi connectivity index (χ2n) is 6.74. The van der Waals surface area contributed by atoms with E-state index in [1.165, 1.54) is 11.1 Å². The highest BCUT2D eigenvalue weighted by Crippen LogP contribution is 2.25. The highest BCUT2D eigenvalue weighted by molar-refractivity contribution is 6.08. The highest BCUT2D eigenvalue weighted by atomic mass is 16.4. The summed E-state index contributed by atoms with van der Waals surface area (Å²) in [6, 6.07) is 8.21. The molecule has 2 atom stereocenters. The minimum atomic E-state index is -1.23. The molecule has 0 spiro atoms. The molecule has 1 aliphatic rings. The van der Waals surface area contributed by atoms with Gasteiger partial charge in [0.25, 0.3) is 0 Å². The molecule has 130 valence electrons. The number of nitrogens with two attached hydrogens (primary N) is 1. The Bertz CT molecular complexity index is 555. The topological polar surface area (TPSA) is 86.8 Å². The lowest BCUT2D eigenvalue weighted by molar-refractivity contribution is -0.144. The molecular formula is C18H27BN2O3. The maximum Gasteiger partial charge on any atom is 0.323 e. The summed E-state index contributed by atoms with van der Waals surface area (Å²) in [4.78, 5) is 13.8. The van der Waals surface area contributed by atoms with Crippen molar-refractivity contribution in [3.05, 3.63) is 35.4 Å². The molecule has 0 aliphatic carbocycles. The zero-order valence-corrected chi connectivity index (χ0v) is 14.2. The van der Waals surface area contributed by atoms with E-state index in [1.807, 2.05) is 12.1 Å². The normalized spacial score (nSPS) is 20.3. The van der Waals surface area contributed by atoms with E-state index < -0.39 is 11.5 Å². The second-order valence-corrected chi connectivity index (χ2v) is 6.74. The smallest absolute Gasteiger partial charge is 0.323 e. The van der Waals surface area contributed by atoms with Crippen LogP contribution in [-0.2, 0) is 17.8 Å². The highest BCUT2D eigenvalue weighted by Gasteiger charge is 2.35. The van der Waals surface area contributed by atoms with Crippen molar-refractivity contribution < 1.29 is 15.0 Å². The van der Waals surface area contributed by atoms with E-state index in [1.54, 1.807) is 0 Å². The number of nitrogens with zero attached hydrogens (tertiary/aromatic N) is 1. The van der Waals surface area contributed by atoms with E-state index in [-0.39, 0.29) is 12.6 Å². The van der Waals surface area contributed by atoms with Crippen LogP contribution >= 0.6 is 0 Å². The SMILES string of the molecule is [B]CCCC[C@@](N)(CCN1Cc2ccccc2CC1CO)C(=O)O. The lowest BCUT2D eigenvalue weighted by Crippen LogP contribution is -2.52. The number of carboxylic acid groups (broad SMARTS) is 1. The Morgan fingerprint density at radius 1 is 1.29 bits per heavy atom. The van der Waals surface area contributed by atoms with Gasteiger partial charge < -0.3 is 15.9 Å². The number of aliphatic carboxylic acids is 1. The van der Waals surface area contributed by atoms with Crippen molar-refractivity contribution >= 4 is 13.8 Å². The number of fused-ring (bicyclic) bond motifs is 1. The molecule has 0 aromatic heterocycles. The molecule has 4 N–H and O–H groups in total. The van der Waals surface area contributed by atoms with Crippen molar-refractivity contribution in [1.82, 2.24) is 4.90 Å². The van der Waals surface area contributed by atoms with Crippen LogP contribution in [-0.4, -0.2) is 53.7 Å². The van der Waals surface area contributed by atoms with Crippen LogP contribution in [0.15, 0.2) is 24.3 Å². The zero-order chi connectivity index (χ0) is 17.6. The van der Waals surface area contributed by atoms with Crippen LogP contribution in [0.3, 0.4) is 0 Å². The molecule has 1 aromatic rings. The maximum absolute atomic E-state index is 11.6. The van der Waals surface area contributed by atoms with Crippen molar-refractivity contribution in [3.8, 4) is 0 Å². The van der Waals surface area contributed by atoms with Gasteiger partial charge in [-0.25, -0.2) is 0 Å². The van der Waals surface area contributed by atoms with Gasteiger partial charge in [0.1, 0.15) is 5.54 Å². The van der Waals surface area contributed by atoms with Gasteiger partial charge in [0.15, 0.2) is 0 Å². The lowest BCUT2D eigenvalue weighted by Gasteiger charge is -2.37. The molecule has 0 saturated heterocycles. The van der Waals surface area contributed by atoms with E-state index in [9.17, 15) is 15.0 Å². The standard InChI is InChI=1S/C18H27BN2O3/c19-9-4-3-7-18(20,17(23)24)8-10-21-12-15-6-2-1-5-14(15)11-16(21)13-22/h1-2,5-6,16,22H,3-4,7-13,20H2,(H,23,24)/t16?,18-/m1/s1. The molecule has 0 amide bonds. The maximum atomic E-state index is 11.6. The van der Waals surface area contributed by atoms with Gasteiger partial charge >= 0.3 is 5.97 Å². The summed E-state index contributed by atoms with van der Waals surface area (Å²) >= 11 is 0. The molecule has 1 unspecified atom stereocenters. The third kappa shape index (κ3) is 4.59. The molecule has 1 heterocycles. The second kappa shape index (κ2) is 8.65. The van der Waals surface area contributed by atoms with Gasteiger partial charge in [-0.2, -0.15) is 0 Å². The predicted molar refractivity (Wildman–Crippen MR) is 95.0 cm³/mol. The molecule has 24 heavy (non-hydrogen) atoms. The van der Waals surface area contributed by atoms with Crippen molar-refractivity contribution in [1.29, 1.82) is 0 Å². The third-order valence-electron chi connectivity index (χ3n) is 5.02. The average Bonchev–Trinajstić information content (AvgIpc) is 2.59. The predicted octanol–water partition coefficient (Wildman–Crippen LogP) is 1.33. The molecule has 2 rings (SSSR count). The van der Waals surface area contributed by atoms with Crippen LogP contribution < -0.4 is 5.73 Å². The lowest BCUT2D eigenvalue weighted by atomic mass is 9.87. The molecule has 5 nitrogen and oxygen atoms in total. The summed E-state index contributed by atoms with van der Waals surface area (Å²) in [5.74, 6) is -0.961. The minimum Gasteiger partial charge on any atom is -0.480 e. The molecule has 1 aromatic carbocycles. The quantitative estimate of drug-likeness (QED) is 0.470. The van der Waals surface area contributed by atoms with Gasteiger partial charge in [0.2, 0.25) is 0 Å². The van der Waals surface area contributed by atoms with Crippen molar-refractivity contribution in [3.63, 3.8) is 0 Å². The van der Waals surface area contributed by atoms with Gasteiger partial charge in [-0.05, 0) is 30.4 Å². The Morgan fingerprint density at radius 3 is 2.62 bits per heavy atom. The number of aliphatic hydroxyl groups excluding tert-OH is 1. The Morgan fingerprint density at radius 2 is 2.00 bits per heavy atom. The van der Waals surface area contributed by atoms with Crippen molar-refractivity contribution in [2.75, 3.05) is 13.2 Å². The first-order valence-corrected chi connectivity index (χ1v) is 8.64. The Balaban J connectivity index is 2.01. The number of carboxylic acids is 1. The third-order valence-corrected chi connectivity index (χ3v) is 5.02. The number of rotatable bonds is 9. The van der Waals surface area contributed by atoms with Crippen LogP contribution in [0.5, 0.6) is 0 Å².